The van der Waals surface area contributed by atoms with Crippen LogP contribution in [0.1, 0.15) is 45.1 Å². The number of rotatable bonds is 7. The molecule has 1 heterocycles. The molecule has 0 fully saturated rings. The molecule has 0 unspecified atom stereocenters. The van der Waals surface area contributed by atoms with Gasteiger partial charge in [0, 0.05) is 18.8 Å². The van der Waals surface area contributed by atoms with Crippen molar-refractivity contribution in [2.75, 3.05) is 0 Å². The molecule has 0 amide bonds. The predicted molar refractivity (Wildman–Crippen MR) is 69.7 cm³/mol. The third kappa shape index (κ3) is 4.95. The average molecular weight is 241 g/mol. The average Bonchev–Trinajstić information content (AvgIpc) is 2.29. The summed E-state index contributed by atoms with van der Waals surface area (Å²) in [5.41, 5.74) is 1.20. The summed E-state index contributed by atoms with van der Waals surface area (Å²) in [6, 6.07) is 4.50. The summed E-state index contributed by atoms with van der Waals surface area (Å²) in [4.78, 5) is 4.07. The zero-order valence-electron chi connectivity index (χ0n) is 10.2. The first-order valence-electron chi connectivity index (χ1n) is 6.10. The molecule has 0 aliphatic carbocycles. The van der Waals surface area contributed by atoms with E-state index in [1.165, 1.54) is 31.2 Å². The fourth-order valence-corrected chi connectivity index (χ4v) is 1.93. The van der Waals surface area contributed by atoms with Crippen LogP contribution < -0.4 is 5.32 Å². The Hall–Kier alpha value is -0.600. The van der Waals surface area contributed by atoms with Gasteiger partial charge in [0.1, 0.15) is 5.15 Å². The van der Waals surface area contributed by atoms with E-state index in [9.17, 15) is 0 Å². The van der Waals surface area contributed by atoms with Crippen LogP contribution in [0.15, 0.2) is 18.3 Å². The van der Waals surface area contributed by atoms with E-state index in [0.717, 1.165) is 6.54 Å². The quantitative estimate of drug-likeness (QED) is 0.734. The van der Waals surface area contributed by atoms with Gasteiger partial charge in [-0.1, -0.05) is 44.4 Å². The van der Waals surface area contributed by atoms with Crippen LogP contribution in [0.2, 0.25) is 5.15 Å². The number of hydrogen-bond donors (Lipinski definition) is 1. The van der Waals surface area contributed by atoms with Crippen molar-refractivity contribution >= 4 is 11.6 Å². The van der Waals surface area contributed by atoms with E-state index in [-0.39, 0.29) is 0 Å². The number of halogens is 1. The van der Waals surface area contributed by atoms with Crippen molar-refractivity contribution in [3.8, 4) is 0 Å². The van der Waals surface area contributed by atoms with E-state index in [1.54, 1.807) is 0 Å². The van der Waals surface area contributed by atoms with Crippen LogP contribution in [-0.4, -0.2) is 11.0 Å². The van der Waals surface area contributed by atoms with Gasteiger partial charge in [-0.25, -0.2) is 4.98 Å². The minimum absolute atomic E-state index is 0.558. The van der Waals surface area contributed by atoms with Crippen molar-refractivity contribution in [1.82, 2.24) is 10.3 Å². The second-order valence-electron chi connectivity index (χ2n) is 4.14. The number of nitrogens with zero attached hydrogens (tertiary/aromatic N) is 1. The molecule has 1 aromatic heterocycles. The summed E-state index contributed by atoms with van der Waals surface area (Å²) in [7, 11) is 0. The Morgan fingerprint density at radius 1 is 1.25 bits per heavy atom. The lowest BCUT2D eigenvalue weighted by Crippen LogP contribution is -2.28. The predicted octanol–water partition coefficient (Wildman–Crippen LogP) is 3.79. The summed E-state index contributed by atoms with van der Waals surface area (Å²) >= 11 is 5.74. The van der Waals surface area contributed by atoms with Gasteiger partial charge in [-0.2, -0.15) is 0 Å². The number of pyridine rings is 1. The van der Waals surface area contributed by atoms with Crippen molar-refractivity contribution in [1.29, 1.82) is 0 Å². The molecule has 1 N–H and O–H groups in total. The first kappa shape index (κ1) is 13.5. The van der Waals surface area contributed by atoms with E-state index in [2.05, 4.69) is 24.1 Å². The highest BCUT2D eigenvalue weighted by atomic mass is 35.5. The highest BCUT2D eigenvalue weighted by molar-refractivity contribution is 6.29. The topological polar surface area (TPSA) is 24.9 Å². The molecular weight excluding hydrogens is 220 g/mol. The van der Waals surface area contributed by atoms with Gasteiger partial charge in [0.25, 0.3) is 0 Å². The van der Waals surface area contributed by atoms with Crippen LogP contribution in [0.5, 0.6) is 0 Å². The molecule has 3 heteroatoms. The van der Waals surface area contributed by atoms with Crippen LogP contribution in [0.3, 0.4) is 0 Å². The fraction of sp³-hybridized carbons (Fsp3) is 0.615. The molecule has 0 saturated heterocycles. The minimum Gasteiger partial charge on any atom is -0.310 e. The second-order valence-corrected chi connectivity index (χ2v) is 4.53. The van der Waals surface area contributed by atoms with Gasteiger partial charge in [0.15, 0.2) is 0 Å². The Labute approximate surface area is 103 Å². The monoisotopic (exact) mass is 240 g/mol. The molecule has 16 heavy (non-hydrogen) atoms. The lowest BCUT2D eigenvalue weighted by Gasteiger charge is -2.17. The molecule has 0 aliphatic rings. The van der Waals surface area contributed by atoms with Crippen LogP contribution in [0.4, 0.5) is 0 Å². The molecule has 0 atom stereocenters. The number of hydrogen-bond acceptors (Lipinski definition) is 2. The summed E-state index contributed by atoms with van der Waals surface area (Å²) < 4.78 is 0. The van der Waals surface area contributed by atoms with Gasteiger partial charge >= 0.3 is 0 Å². The minimum atomic E-state index is 0.558. The van der Waals surface area contributed by atoms with Crippen LogP contribution in [0.25, 0.3) is 0 Å². The van der Waals surface area contributed by atoms with Crippen molar-refractivity contribution in [3.05, 3.63) is 29.0 Å². The van der Waals surface area contributed by atoms with Crippen molar-refractivity contribution in [3.63, 3.8) is 0 Å². The van der Waals surface area contributed by atoms with Gasteiger partial charge in [-0.3, -0.25) is 0 Å². The van der Waals surface area contributed by atoms with Crippen LogP contribution in [-0.2, 0) is 6.54 Å². The van der Waals surface area contributed by atoms with Gasteiger partial charge in [0.05, 0.1) is 0 Å². The van der Waals surface area contributed by atoms with Crippen LogP contribution in [0, 0.1) is 0 Å². The maximum atomic E-state index is 5.74. The van der Waals surface area contributed by atoms with Crippen LogP contribution >= 0.6 is 11.6 Å². The lowest BCUT2D eigenvalue weighted by molar-refractivity contribution is 0.443. The van der Waals surface area contributed by atoms with Gasteiger partial charge in [-0.05, 0) is 24.5 Å². The molecule has 0 aromatic carbocycles. The Morgan fingerprint density at radius 3 is 2.44 bits per heavy atom. The summed E-state index contributed by atoms with van der Waals surface area (Å²) in [5, 5.41) is 4.13. The summed E-state index contributed by atoms with van der Waals surface area (Å²) in [6.45, 7) is 5.34. The second kappa shape index (κ2) is 7.64. The summed E-state index contributed by atoms with van der Waals surface area (Å²) in [6.07, 6.45) is 6.79. The van der Waals surface area contributed by atoms with E-state index in [1.807, 2.05) is 18.3 Å². The van der Waals surface area contributed by atoms with E-state index < -0.39 is 0 Å². The molecule has 1 aromatic rings. The van der Waals surface area contributed by atoms with Crippen molar-refractivity contribution < 1.29 is 0 Å². The molecule has 0 radical (unpaired) electrons. The molecule has 0 bridgehead atoms. The van der Waals surface area contributed by atoms with Crippen molar-refractivity contribution in [2.45, 2.75) is 52.1 Å². The third-order valence-electron chi connectivity index (χ3n) is 2.66. The molecule has 0 spiro atoms. The van der Waals surface area contributed by atoms with E-state index >= 15 is 0 Å². The van der Waals surface area contributed by atoms with E-state index in [0.29, 0.717) is 11.2 Å². The SMILES string of the molecule is CCCC(CCC)NCc1ccc(Cl)nc1. The smallest absolute Gasteiger partial charge is 0.129 e. The van der Waals surface area contributed by atoms with Gasteiger partial charge in [0.2, 0.25) is 0 Å². The zero-order valence-corrected chi connectivity index (χ0v) is 10.9. The van der Waals surface area contributed by atoms with Gasteiger partial charge in [-0.15, -0.1) is 0 Å². The fourth-order valence-electron chi connectivity index (χ4n) is 1.82. The molecular formula is C13H21ClN2. The maximum Gasteiger partial charge on any atom is 0.129 e. The number of aromatic nitrogens is 1. The first-order chi connectivity index (χ1) is 7.76. The highest BCUT2D eigenvalue weighted by Gasteiger charge is 2.05. The first-order valence-corrected chi connectivity index (χ1v) is 6.47. The normalized spacial score (nSPS) is 11.0. The maximum absolute atomic E-state index is 5.74. The standard InChI is InChI=1S/C13H21ClN2/c1-3-5-12(6-4-2)15-9-11-7-8-13(14)16-10-11/h7-8,10,12,15H,3-6,9H2,1-2H3. The Kier molecular flexibility index (Phi) is 6.43. The molecule has 0 saturated carbocycles. The Morgan fingerprint density at radius 2 is 1.94 bits per heavy atom. The zero-order chi connectivity index (χ0) is 11.8. The van der Waals surface area contributed by atoms with E-state index in [4.69, 9.17) is 11.6 Å². The molecule has 90 valence electrons. The van der Waals surface area contributed by atoms with Gasteiger partial charge < -0.3 is 5.32 Å². The Bertz CT molecular complexity index is 278. The largest absolute Gasteiger partial charge is 0.310 e. The third-order valence-corrected chi connectivity index (χ3v) is 2.88. The highest BCUT2D eigenvalue weighted by Crippen LogP contribution is 2.08. The molecule has 1 rings (SSSR count). The molecule has 2 nitrogen and oxygen atoms in total. The molecule has 0 aliphatic heterocycles. The van der Waals surface area contributed by atoms with Crippen molar-refractivity contribution in [2.24, 2.45) is 0 Å². The lowest BCUT2D eigenvalue weighted by atomic mass is 10.1. The summed E-state index contributed by atoms with van der Waals surface area (Å²) in [5.74, 6) is 0. The Balaban J connectivity index is 2.38. The number of nitrogens with one attached hydrogen (secondary N) is 1.